The smallest absolute Gasteiger partial charge is 0.352 e. The van der Waals surface area contributed by atoms with E-state index in [-0.39, 0.29) is 39.2 Å². The summed E-state index contributed by atoms with van der Waals surface area (Å²) in [7, 11) is 0. The average Bonchev–Trinajstić information content (AvgIpc) is 3.74. The summed E-state index contributed by atoms with van der Waals surface area (Å²) in [4.78, 5) is 65.1. The maximum atomic E-state index is 13.4. The van der Waals surface area contributed by atoms with Gasteiger partial charge in [-0.1, -0.05) is 28.1 Å². The number of aliphatic carboxylic acids is 2. The van der Waals surface area contributed by atoms with Crippen molar-refractivity contribution in [3.63, 3.8) is 0 Å². The number of thioether (sulfide) groups is 1. The number of oxime groups is 1. The number of hydrogen-bond acceptors (Lipinski definition) is 13. The summed E-state index contributed by atoms with van der Waals surface area (Å²) in [5.74, 6) is -3.63. The molecule has 3 aromatic heterocycles. The SMILES string of the molecule is C[C@H](O/N=C(\C(=O)N[C@@H]1C(=O)N2C(C(=O)O)=C(C[n+]3cccc4c3nc(N)n4[C@H]3CCNC3)CSC12)c1nc(N)sc1Cl)C(=O)O. The number of anilines is 2. The molecular weight excluding hydrogens is 664 g/mol. The predicted molar refractivity (Wildman–Crippen MR) is 167 cm³/mol. The van der Waals surface area contributed by atoms with E-state index in [1.165, 1.54) is 18.7 Å². The zero-order chi connectivity index (χ0) is 32.9. The van der Waals surface area contributed by atoms with E-state index in [2.05, 4.69) is 25.8 Å². The Kier molecular flexibility index (Phi) is 8.49. The molecule has 6 heterocycles. The third kappa shape index (κ3) is 5.59. The van der Waals surface area contributed by atoms with Crippen LogP contribution in [-0.4, -0.2) is 95.5 Å². The van der Waals surface area contributed by atoms with Gasteiger partial charge in [0.1, 0.15) is 39.2 Å². The second kappa shape index (κ2) is 12.4. The first kappa shape index (κ1) is 31.5. The zero-order valence-corrected chi connectivity index (χ0v) is 26.4. The fraction of sp³-hybridized carbons (Fsp3) is 0.385. The Morgan fingerprint density at radius 3 is 2.76 bits per heavy atom. The van der Waals surface area contributed by atoms with E-state index in [0.29, 0.717) is 17.2 Å². The summed E-state index contributed by atoms with van der Waals surface area (Å²) >= 11 is 8.31. The number of amides is 2. The van der Waals surface area contributed by atoms with Crippen LogP contribution < -0.4 is 26.7 Å². The van der Waals surface area contributed by atoms with E-state index >= 15 is 0 Å². The van der Waals surface area contributed by atoms with Crippen molar-refractivity contribution in [2.24, 2.45) is 5.16 Å². The fourth-order valence-corrected chi connectivity index (χ4v) is 7.81. The van der Waals surface area contributed by atoms with Gasteiger partial charge in [0.05, 0.1) is 12.2 Å². The number of pyridine rings is 1. The number of nitrogen functional groups attached to an aromatic ring is 2. The Bertz CT molecular complexity index is 1840. The van der Waals surface area contributed by atoms with Gasteiger partial charge in [-0.2, -0.15) is 0 Å². The highest BCUT2D eigenvalue weighted by molar-refractivity contribution is 8.00. The summed E-state index contributed by atoms with van der Waals surface area (Å²) in [6, 6.07) is 2.77. The number of rotatable bonds is 10. The summed E-state index contributed by atoms with van der Waals surface area (Å²) < 4.78 is 3.78. The van der Waals surface area contributed by atoms with Gasteiger partial charge in [0.15, 0.2) is 10.8 Å². The van der Waals surface area contributed by atoms with Gasteiger partial charge in [-0.05, 0) is 37.0 Å². The van der Waals surface area contributed by atoms with Crippen LogP contribution in [0, 0.1) is 0 Å². The van der Waals surface area contributed by atoms with Crippen molar-refractivity contribution in [1.29, 1.82) is 0 Å². The van der Waals surface area contributed by atoms with E-state index in [9.17, 15) is 24.3 Å². The van der Waals surface area contributed by atoms with E-state index in [4.69, 9.17) is 33.0 Å². The summed E-state index contributed by atoms with van der Waals surface area (Å²) in [5, 5.41) is 28.1. The molecule has 3 aromatic rings. The van der Waals surface area contributed by atoms with Crippen LogP contribution in [0.4, 0.5) is 11.1 Å². The van der Waals surface area contributed by atoms with Crippen LogP contribution >= 0.6 is 34.7 Å². The van der Waals surface area contributed by atoms with Crippen molar-refractivity contribution in [2.75, 3.05) is 30.3 Å². The molecule has 17 nitrogen and oxygen atoms in total. The topological polar surface area (TPSA) is 244 Å². The maximum absolute atomic E-state index is 13.4. The minimum atomic E-state index is -1.41. The molecule has 3 aliphatic rings. The number of nitrogens with zero attached hydrogens (tertiary/aromatic N) is 6. The standard InChI is InChI=1S/C26H27ClN10O7S2/c1-10(23(40)41)44-34-15(14-18(27)46-26(29)32-14)20(38)31-16-21(39)37-17(24(42)43)11(9-45-22(16)37)8-35-6-2-3-13-19(35)33-25(28)36(13)12-4-5-30-7-12/h2-3,6,10,12,16,22,28,30H,4-5,7-9H2,1H3,(H5,29,31,32,38,40,41,42,43)/p+1/b34-15-/t10-,12-,16+,22?/m0/s1. The normalized spacial score (nSPS) is 22.0. The molecule has 2 fully saturated rings. The van der Waals surface area contributed by atoms with Crippen molar-refractivity contribution < 1.29 is 38.8 Å². The second-order valence-corrected chi connectivity index (χ2v) is 13.4. The molecular formula is C26H28ClN10O7S2+. The first-order valence-corrected chi connectivity index (χ1v) is 16.2. The van der Waals surface area contributed by atoms with Crippen molar-refractivity contribution in [3.8, 4) is 0 Å². The minimum absolute atomic E-state index is 0.00802. The van der Waals surface area contributed by atoms with Crippen molar-refractivity contribution in [2.45, 2.75) is 43.5 Å². The Morgan fingerprint density at radius 1 is 1.33 bits per heavy atom. The summed E-state index contributed by atoms with van der Waals surface area (Å²) in [6.45, 7) is 2.97. The Hall–Kier alpha value is -4.46. The van der Waals surface area contributed by atoms with Crippen LogP contribution in [0.25, 0.3) is 11.2 Å². The fourth-order valence-electron chi connectivity index (χ4n) is 5.55. The van der Waals surface area contributed by atoms with Crippen LogP contribution in [0.2, 0.25) is 4.34 Å². The van der Waals surface area contributed by atoms with E-state index < -0.39 is 47.0 Å². The number of nitrogens with one attached hydrogen (secondary N) is 2. The van der Waals surface area contributed by atoms with E-state index in [1.807, 2.05) is 16.7 Å². The van der Waals surface area contributed by atoms with Gasteiger partial charge in [-0.25, -0.2) is 19.1 Å². The number of fused-ring (bicyclic) bond motifs is 2. The number of carbonyl (C=O) groups excluding carboxylic acids is 2. The summed E-state index contributed by atoms with van der Waals surface area (Å²) in [5.41, 5.74) is 13.1. The number of halogens is 1. The van der Waals surface area contributed by atoms with E-state index in [1.54, 1.807) is 10.8 Å². The lowest BCUT2D eigenvalue weighted by atomic mass is 10.0. The van der Waals surface area contributed by atoms with Gasteiger partial charge in [-0.15, -0.1) is 11.8 Å². The molecule has 46 heavy (non-hydrogen) atoms. The number of carboxylic acids is 2. The van der Waals surface area contributed by atoms with Crippen molar-refractivity contribution >= 4 is 86.4 Å². The first-order valence-electron chi connectivity index (χ1n) is 13.9. The van der Waals surface area contributed by atoms with Gasteiger partial charge in [0.25, 0.3) is 11.8 Å². The van der Waals surface area contributed by atoms with E-state index in [0.717, 1.165) is 41.3 Å². The minimum Gasteiger partial charge on any atom is -0.478 e. The lowest BCUT2D eigenvalue weighted by molar-refractivity contribution is -0.664. The number of thiazole rings is 1. The average molecular weight is 692 g/mol. The van der Waals surface area contributed by atoms with Gasteiger partial charge in [0.2, 0.25) is 6.10 Å². The molecule has 0 spiro atoms. The lowest BCUT2D eigenvalue weighted by Gasteiger charge is -2.49. The van der Waals surface area contributed by atoms with Crippen LogP contribution in [-0.2, 0) is 30.6 Å². The molecule has 8 N–H and O–H groups in total. The molecule has 4 atom stereocenters. The quantitative estimate of drug-likeness (QED) is 0.0697. The molecule has 2 saturated heterocycles. The molecule has 1 unspecified atom stereocenters. The second-order valence-electron chi connectivity index (χ2n) is 10.7. The van der Waals surface area contributed by atoms with Gasteiger partial charge >= 0.3 is 23.5 Å². The number of nitrogens with two attached hydrogens (primary N) is 2. The lowest BCUT2D eigenvalue weighted by Crippen LogP contribution is -2.71. The highest BCUT2D eigenvalue weighted by Gasteiger charge is 2.54. The zero-order valence-electron chi connectivity index (χ0n) is 24.0. The third-order valence-corrected chi connectivity index (χ3v) is 10.2. The maximum Gasteiger partial charge on any atom is 0.352 e. The van der Waals surface area contributed by atoms with Gasteiger partial charge in [-0.3, -0.25) is 19.1 Å². The Morgan fingerprint density at radius 2 is 2.11 bits per heavy atom. The van der Waals surface area contributed by atoms with Crippen molar-refractivity contribution in [3.05, 3.63) is 39.6 Å². The third-order valence-electron chi connectivity index (χ3n) is 7.74. The molecule has 0 bridgehead atoms. The molecule has 6 rings (SSSR count). The van der Waals surface area contributed by atoms with Crippen LogP contribution in [0.3, 0.4) is 0 Å². The van der Waals surface area contributed by atoms with Gasteiger partial charge in [0, 0.05) is 17.9 Å². The number of carboxylic acid groups (broad SMARTS) is 2. The number of β-lactam (4-membered cyclic amide) rings is 1. The molecule has 0 aromatic carbocycles. The molecule has 0 saturated carbocycles. The molecule has 3 aliphatic heterocycles. The highest BCUT2D eigenvalue weighted by Crippen LogP contribution is 2.40. The number of carbonyl (C=O) groups is 4. The molecule has 2 amide bonds. The number of imidazole rings is 1. The summed E-state index contributed by atoms with van der Waals surface area (Å²) in [6.07, 6.45) is 1.27. The molecule has 242 valence electrons. The Balaban J connectivity index is 1.25. The highest BCUT2D eigenvalue weighted by atomic mass is 35.5. The van der Waals surface area contributed by atoms with Gasteiger partial charge < -0.3 is 37.2 Å². The molecule has 20 heteroatoms. The number of hydrogen-bond donors (Lipinski definition) is 6. The first-order chi connectivity index (χ1) is 22.0. The Labute approximate surface area is 273 Å². The van der Waals surface area contributed by atoms with Crippen LogP contribution in [0.15, 0.2) is 34.8 Å². The molecule has 0 radical (unpaired) electrons. The van der Waals surface area contributed by atoms with Crippen LogP contribution in [0.5, 0.6) is 0 Å². The number of aromatic nitrogens is 4. The van der Waals surface area contributed by atoms with Crippen LogP contribution in [0.1, 0.15) is 25.1 Å². The van der Waals surface area contributed by atoms with Crippen molar-refractivity contribution in [1.82, 2.24) is 30.1 Å². The monoisotopic (exact) mass is 691 g/mol. The largest absolute Gasteiger partial charge is 0.478 e. The predicted octanol–water partition coefficient (Wildman–Crippen LogP) is -0.235. The molecule has 0 aliphatic carbocycles.